The van der Waals surface area contributed by atoms with Crippen LogP contribution in [0.4, 0.5) is 16.2 Å². The van der Waals surface area contributed by atoms with E-state index in [1.807, 2.05) is 72.8 Å². The van der Waals surface area contributed by atoms with Crippen LogP contribution in [-0.2, 0) is 16.0 Å². The van der Waals surface area contributed by atoms with Crippen LogP contribution >= 0.6 is 0 Å². The van der Waals surface area contributed by atoms with Gasteiger partial charge in [0.15, 0.2) is 6.61 Å². The minimum atomic E-state index is -1.01. The summed E-state index contributed by atoms with van der Waals surface area (Å²) >= 11 is 0. The van der Waals surface area contributed by atoms with Crippen LogP contribution in [-0.4, -0.2) is 30.4 Å². The quantitative estimate of drug-likeness (QED) is 0.473. The molecule has 0 aromatic heterocycles. The zero-order chi connectivity index (χ0) is 23.0. The topological polar surface area (TPSA) is 76.1 Å². The standard InChI is InChI=1S/C27H25NO5/c29-26(30)19-33-25-16-8-14-23-20(9-7-15-24(23)25)17-18-32-27(31)28(21-10-3-1-4-11-21)22-12-5-2-6-13-22/h1-6,8-14,16H,7,15,17-19H2,(H,29,30). The van der Waals surface area contributed by atoms with Crippen LogP contribution in [0.5, 0.6) is 5.75 Å². The predicted octanol–water partition coefficient (Wildman–Crippen LogP) is 5.84. The molecule has 0 unspecified atom stereocenters. The van der Waals surface area contributed by atoms with Gasteiger partial charge in [-0.3, -0.25) is 0 Å². The Kier molecular flexibility index (Phi) is 7.05. The summed E-state index contributed by atoms with van der Waals surface area (Å²) in [7, 11) is 0. The van der Waals surface area contributed by atoms with E-state index in [2.05, 4.69) is 6.08 Å². The molecule has 1 aliphatic rings. The van der Waals surface area contributed by atoms with Crippen LogP contribution in [0.1, 0.15) is 24.0 Å². The molecule has 0 heterocycles. The number of ether oxygens (including phenoxy) is 2. The van der Waals surface area contributed by atoms with E-state index in [0.717, 1.165) is 40.9 Å². The van der Waals surface area contributed by atoms with Crippen molar-refractivity contribution < 1.29 is 24.2 Å². The fourth-order valence-corrected chi connectivity index (χ4v) is 3.96. The molecule has 0 spiro atoms. The van der Waals surface area contributed by atoms with Gasteiger partial charge in [0.2, 0.25) is 0 Å². The molecule has 0 saturated heterocycles. The number of amides is 1. The molecule has 3 aromatic rings. The van der Waals surface area contributed by atoms with Gasteiger partial charge in [-0.2, -0.15) is 0 Å². The lowest BCUT2D eigenvalue weighted by atomic mass is 9.88. The lowest BCUT2D eigenvalue weighted by molar-refractivity contribution is -0.139. The van der Waals surface area contributed by atoms with Gasteiger partial charge in [0.1, 0.15) is 5.75 Å². The number of rotatable bonds is 8. The third kappa shape index (κ3) is 5.41. The van der Waals surface area contributed by atoms with E-state index in [1.54, 1.807) is 11.0 Å². The highest BCUT2D eigenvalue weighted by atomic mass is 16.6. The van der Waals surface area contributed by atoms with Gasteiger partial charge in [-0.25, -0.2) is 14.5 Å². The summed E-state index contributed by atoms with van der Waals surface area (Å²) in [6.45, 7) is -0.150. The summed E-state index contributed by atoms with van der Waals surface area (Å²) in [6.07, 6.45) is 3.86. The molecule has 0 radical (unpaired) electrons. The predicted molar refractivity (Wildman–Crippen MR) is 127 cm³/mol. The van der Waals surface area contributed by atoms with Crippen molar-refractivity contribution in [3.63, 3.8) is 0 Å². The second-order valence-electron chi connectivity index (χ2n) is 7.60. The van der Waals surface area contributed by atoms with Crippen molar-refractivity contribution in [2.45, 2.75) is 19.3 Å². The van der Waals surface area contributed by atoms with Crippen LogP contribution in [0.3, 0.4) is 0 Å². The molecule has 6 nitrogen and oxygen atoms in total. The second-order valence-corrected chi connectivity index (χ2v) is 7.60. The van der Waals surface area contributed by atoms with E-state index in [1.165, 1.54) is 0 Å². The van der Waals surface area contributed by atoms with Crippen molar-refractivity contribution in [3.05, 3.63) is 96.1 Å². The summed E-state index contributed by atoms with van der Waals surface area (Å²) in [6, 6.07) is 24.4. The molecule has 1 amide bonds. The lowest BCUT2D eigenvalue weighted by Crippen LogP contribution is -2.27. The van der Waals surface area contributed by atoms with Gasteiger partial charge in [-0.05, 0) is 54.3 Å². The number of anilines is 2. The van der Waals surface area contributed by atoms with E-state index >= 15 is 0 Å². The van der Waals surface area contributed by atoms with Crippen molar-refractivity contribution in [2.24, 2.45) is 0 Å². The van der Waals surface area contributed by atoms with Gasteiger partial charge < -0.3 is 14.6 Å². The van der Waals surface area contributed by atoms with Crippen molar-refractivity contribution in [3.8, 4) is 5.75 Å². The smallest absolute Gasteiger partial charge is 0.418 e. The third-order valence-corrected chi connectivity index (χ3v) is 5.42. The number of carbonyl (C=O) groups excluding carboxylic acids is 1. The summed E-state index contributed by atoms with van der Waals surface area (Å²) in [4.78, 5) is 25.5. The number of carbonyl (C=O) groups is 2. The number of nitrogens with zero attached hydrogens (tertiary/aromatic N) is 1. The first kappa shape index (κ1) is 22.1. The van der Waals surface area contributed by atoms with Crippen molar-refractivity contribution in [2.75, 3.05) is 18.1 Å². The summed E-state index contributed by atoms with van der Waals surface area (Å²) < 4.78 is 11.1. The number of fused-ring (bicyclic) bond motifs is 1. The molecule has 33 heavy (non-hydrogen) atoms. The molecule has 4 rings (SSSR count). The summed E-state index contributed by atoms with van der Waals surface area (Å²) in [5.41, 5.74) is 4.55. The molecule has 0 atom stereocenters. The maximum Gasteiger partial charge on any atom is 0.418 e. The number of hydrogen-bond acceptors (Lipinski definition) is 4. The number of para-hydroxylation sites is 2. The minimum Gasteiger partial charge on any atom is -0.482 e. The number of hydrogen-bond donors (Lipinski definition) is 1. The lowest BCUT2D eigenvalue weighted by Gasteiger charge is -2.23. The van der Waals surface area contributed by atoms with Gasteiger partial charge >= 0.3 is 12.1 Å². The Bertz CT molecular complexity index is 1100. The van der Waals surface area contributed by atoms with Crippen LogP contribution in [0, 0.1) is 0 Å². The first-order valence-corrected chi connectivity index (χ1v) is 10.9. The van der Waals surface area contributed by atoms with Gasteiger partial charge in [0.25, 0.3) is 0 Å². The van der Waals surface area contributed by atoms with Crippen molar-refractivity contribution in [1.82, 2.24) is 0 Å². The fourth-order valence-electron chi connectivity index (χ4n) is 3.96. The first-order chi connectivity index (χ1) is 16.1. The average Bonchev–Trinajstić information content (AvgIpc) is 2.84. The monoisotopic (exact) mass is 443 g/mol. The Hall–Kier alpha value is -4.06. The number of allylic oxidation sites excluding steroid dienone is 1. The molecule has 3 aromatic carbocycles. The Balaban J connectivity index is 1.45. The number of aliphatic carboxylic acids is 1. The van der Waals surface area contributed by atoms with Crippen molar-refractivity contribution in [1.29, 1.82) is 0 Å². The first-order valence-electron chi connectivity index (χ1n) is 10.9. The zero-order valence-electron chi connectivity index (χ0n) is 18.1. The zero-order valence-corrected chi connectivity index (χ0v) is 18.1. The molecule has 1 N–H and O–H groups in total. The highest BCUT2D eigenvalue weighted by Crippen LogP contribution is 2.35. The maximum atomic E-state index is 13.0. The van der Waals surface area contributed by atoms with Crippen LogP contribution < -0.4 is 9.64 Å². The third-order valence-electron chi connectivity index (χ3n) is 5.42. The SMILES string of the molecule is O=C(O)COc1cccc2c1CCC=C2CCOC(=O)N(c1ccccc1)c1ccccc1. The second kappa shape index (κ2) is 10.5. The molecule has 0 fully saturated rings. The molecule has 168 valence electrons. The Morgan fingerprint density at radius 3 is 2.18 bits per heavy atom. The van der Waals surface area contributed by atoms with E-state index in [0.29, 0.717) is 12.2 Å². The molecule has 0 aliphatic heterocycles. The number of carboxylic acid groups (broad SMARTS) is 1. The molecule has 0 saturated carbocycles. The number of carboxylic acids is 1. The average molecular weight is 443 g/mol. The van der Waals surface area contributed by atoms with Crippen LogP contribution in [0.25, 0.3) is 5.57 Å². The van der Waals surface area contributed by atoms with Gasteiger partial charge in [-0.15, -0.1) is 0 Å². The van der Waals surface area contributed by atoms with Gasteiger partial charge in [0.05, 0.1) is 18.0 Å². The van der Waals surface area contributed by atoms with Crippen LogP contribution in [0.2, 0.25) is 0 Å². The fraction of sp³-hybridized carbons (Fsp3) is 0.185. The van der Waals surface area contributed by atoms with Crippen LogP contribution in [0.15, 0.2) is 84.9 Å². The minimum absolute atomic E-state index is 0.223. The Morgan fingerprint density at radius 1 is 0.879 bits per heavy atom. The summed E-state index contributed by atoms with van der Waals surface area (Å²) in [5.74, 6) is -0.413. The normalized spacial score (nSPS) is 12.3. The Labute approximate surface area is 192 Å². The highest BCUT2D eigenvalue weighted by Gasteiger charge is 2.21. The van der Waals surface area contributed by atoms with E-state index in [9.17, 15) is 9.59 Å². The summed E-state index contributed by atoms with van der Waals surface area (Å²) in [5, 5.41) is 8.92. The van der Waals surface area contributed by atoms with E-state index < -0.39 is 12.1 Å². The molecular weight excluding hydrogens is 418 g/mol. The number of benzene rings is 3. The largest absolute Gasteiger partial charge is 0.482 e. The van der Waals surface area contributed by atoms with E-state index in [-0.39, 0.29) is 13.2 Å². The van der Waals surface area contributed by atoms with Gasteiger partial charge in [-0.1, -0.05) is 54.6 Å². The molecule has 1 aliphatic carbocycles. The van der Waals surface area contributed by atoms with E-state index in [4.69, 9.17) is 14.6 Å². The van der Waals surface area contributed by atoms with Gasteiger partial charge in [0, 0.05) is 12.0 Å². The molecular formula is C27H25NO5. The molecule has 0 bridgehead atoms. The van der Waals surface area contributed by atoms with Crippen molar-refractivity contribution >= 4 is 29.0 Å². The molecule has 6 heteroatoms. The Morgan fingerprint density at radius 2 is 1.55 bits per heavy atom. The maximum absolute atomic E-state index is 13.0. The highest BCUT2D eigenvalue weighted by molar-refractivity contribution is 5.96.